The van der Waals surface area contributed by atoms with Crippen LogP contribution in [0.1, 0.15) is 30.3 Å². The smallest absolute Gasteiger partial charge is 0.181 e. The molecule has 78 valence electrons. The van der Waals surface area contributed by atoms with Crippen molar-refractivity contribution < 1.29 is 4.42 Å². The van der Waals surface area contributed by atoms with Gasteiger partial charge in [0, 0.05) is 12.6 Å². The molecule has 0 bridgehead atoms. The molecule has 2 rings (SSSR count). The predicted molar refractivity (Wildman–Crippen MR) is 53.8 cm³/mol. The lowest BCUT2D eigenvalue weighted by Crippen LogP contribution is -2.40. The van der Waals surface area contributed by atoms with Crippen LogP contribution >= 0.6 is 0 Å². The number of hydrogen-bond acceptors (Lipinski definition) is 4. The third-order valence-corrected chi connectivity index (χ3v) is 3.00. The van der Waals surface area contributed by atoms with Crippen LogP contribution in [-0.4, -0.2) is 29.5 Å². The highest BCUT2D eigenvalue weighted by Crippen LogP contribution is 2.30. The molecule has 0 saturated carbocycles. The lowest BCUT2D eigenvalue weighted by molar-refractivity contribution is 0.149. The van der Waals surface area contributed by atoms with Crippen LogP contribution in [0.2, 0.25) is 0 Å². The normalized spacial score (nSPS) is 29.4. The predicted octanol–water partition coefficient (Wildman–Crippen LogP) is 1.08. The van der Waals surface area contributed by atoms with Crippen molar-refractivity contribution in [3.05, 3.63) is 17.8 Å². The summed E-state index contributed by atoms with van der Waals surface area (Å²) in [5.74, 6) is 0.975. The maximum absolute atomic E-state index is 5.95. The number of aryl methyl sites for hydroxylation is 1. The van der Waals surface area contributed by atoms with E-state index in [1.165, 1.54) is 6.39 Å². The molecule has 1 fully saturated rings. The first-order chi connectivity index (χ1) is 6.68. The molecule has 1 aromatic heterocycles. The Hall–Kier alpha value is -0.870. The van der Waals surface area contributed by atoms with Crippen molar-refractivity contribution in [1.82, 2.24) is 9.88 Å². The van der Waals surface area contributed by atoms with Crippen LogP contribution in [0.3, 0.4) is 0 Å². The Morgan fingerprint density at radius 3 is 3.07 bits per heavy atom. The van der Waals surface area contributed by atoms with E-state index in [2.05, 4.69) is 16.9 Å². The van der Waals surface area contributed by atoms with Gasteiger partial charge < -0.3 is 10.2 Å². The summed E-state index contributed by atoms with van der Waals surface area (Å²) >= 11 is 0. The van der Waals surface area contributed by atoms with E-state index < -0.39 is 0 Å². The highest BCUT2D eigenvalue weighted by atomic mass is 16.3. The van der Waals surface area contributed by atoms with Crippen LogP contribution in [0.4, 0.5) is 0 Å². The van der Waals surface area contributed by atoms with Crippen molar-refractivity contribution in [2.45, 2.75) is 31.8 Å². The van der Waals surface area contributed by atoms with Crippen molar-refractivity contribution in [3.8, 4) is 0 Å². The van der Waals surface area contributed by atoms with Crippen molar-refractivity contribution in [2.75, 3.05) is 13.6 Å². The fourth-order valence-corrected chi connectivity index (χ4v) is 2.05. The van der Waals surface area contributed by atoms with E-state index in [1.807, 2.05) is 6.92 Å². The van der Waals surface area contributed by atoms with Gasteiger partial charge in [0.15, 0.2) is 6.39 Å². The minimum Gasteiger partial charge on any atom is -0.447 e. The molecule has 4 heteroatoms. The molecule has 1 aliphatic heterocycles. The third kappa shape index (κ3) is 1.67. The molecule has 2 unspecified atom stereocenters. The highest BCUT2D eigenvalue weighted by Gasteiger charge is 2.28. The van der Waals surface area contributed by atoms with Gasteiger partial charge in [0.2, 0.25) is 0 Å². The van der Waals surface area contributed by atoms with Gasteiger partial charge in [-0.2, -0.15) is 0 Å². The molecule has 0 aromatic carbocycles. The first kappa shape index (κ1) is 9.68. The van der Waals surface area contributed by atoms with Crippen molar-refractivity contribution in [3.63, 3.8) is 0 Å². The van der Waals surface area contributed by atoms with E-state index in [9.17, 15) is 0 Å². The molecule has 0 aliphatic carbocycles. The van der Waals surface area contributed by atoms with E-state index in [4.69, 9.17) is 10.2 Å². The number of oxazole rings is 1. The fraction of sp³-hybridized carbons (Fsp3) is 0.700. The summed E-state index contributed by atoms with van der Waals surface area (Å²) < 4.78 is 5.41. The quantitative estimate of drug-likeness (QED) is 0.728. The van der Waals surface area contributed by atoms with Crippen molar-refractivity contribution >= 4 is 0 Å². The largest absolute Gasteiger partial charge is 0.447 e. The topological polar surface area (TPSA) is 55.3 Å². The molecule has 2 atom stereocenters. The van der Waals surface area contributed by atoms with Crippen LogP contribution in [0.5, 0.6) is 0 Å². The molecule has 1 saturated heterocycles. The summed E-state index contributed by atoms with van der Waals surface area (Å²) in [6, 6.07) is 0.599. The zero-order chi connectivity index (χ0) is 10.1. The summed E-state index contributed by atoms with van der Waals surface area (Å²) in [6.07, 6.45) is 3.55. The van der Waals surface area contributed by atoms with Crippen LogP contribution < -0.4 is 5.73 Å². The van der Waals surface area contributed by atoms with Gasteiger partial charge in [-0.3, -0.25) is 4.90 Å². The molecule has 1 aliphatic rings. The highest BCUT2D eigenvalue weighted by molar-refractivity contribution is 5.11. The standard InChI is InChI=1S/C10H17N3O/c1-7-10(14-6-12-7)9-5-8(11)3-4-13(9)2/h6,8-9H,3-5,11H2,1-2H3. The molecule has 0 radical (unpaired) electrons. The number of hydrogen-bond donors (Lipinski definition) is 1. The van der Waals surface area contributed by atoms with Gasteiger partial charge in [0.1, 0.15) is 5.76 Å². The lowest BCUT2D eigenvalue weighted by Gasteiger charge is -2.34. The van der Waals surface area contributed by atoms with E-state index in [0.29, 0.717) is 12.1 Å². The second kappa shape index (κ2) is 3.71. The summed E-state index contributed by atoms with van der Waals surface area (Å²) in [7, 11) is 2.11. The molecular formula is C10H17N3O. The number of piperidine rings is 1. The Morgan fingerprint density at radius 2 is 2.43 bits per heavy atom. The average molecular weight is 195 g/mol. The molecular weight excluding hydrogens is 178 g/mol. The summed E-state index contributed by atoms with van der Waals surface area (Å²) in [5, 5.41) is 0. The maximum Gasteiger partial charge on any atom is 0.181 e. The van der Waals surface area contributed by atoms with Gasteiger partial charge in [-0.1, -0.05) is 0 Å². The Kier molecular flexibility index (Phi) is 2.56. The van der Waals surface area contributed by atoms with Crippen LogP contribution in [0, 0.1) is 6.92 Å². The minimum atomic E-state index is 0.292. The van der Waals surface area contributed by atoms with Gasteiger partial charge in [0.25, 0.3) is 0 Å². The minimum absolute atomic E-state index is 0.292. The summed E-state index contributed by atoms with van der Waals surface area (Å²) in [4.78, 5) is 6.41. The van der Waals surface area contributed by atoms with Gasteiger partial charge in [0.05, 0.1) is 11.7 Å². The lowest BCUT2D eigenvalue weighted by atomic mass is 9.96. The van der Waals surface area contributed by atoms with Gasteiger partial charge in [-0.15, -0.1) is 0 Å². The Morgan fingerprint density at radius 1 is 1.64 bits per heavy atom. The Bertz CT molecular complexity index is 310. The van der Waals surface area contributed by atoms with Crippen molar-refractivity contribution in [1.29, 1.82) is 0 Å². The zero-order valence-corrected chi connectivity index (χ0v) is 8.73. The molecule has 4 nitrogen and oxygen atoms in total. The number of nitrogens with two attached hydrogens (primary N) is 1. The van der Waals surface area contributed by atoms with Crippen LogP contribution in [0.25, 0.3) is 0 Å². The number of rotatable bonds is 1. The van der Waals surface area contributed by atoms with Crippen LogP contribution in [-0.2, 0) is 0 Å². The molecule has 0 amide bonds. The van der Waals surface area contributed by atoms with E-state index in [-0.39, 0.29) is 0 Å². The van der Waals surface area contributed by atoms with Gasteiger partial charge in [-0.25, -0.2) is 4.98 Å². The average Bonchev–Trinajstić information content (AvgIpc) is 2.56. The molecule has 14 heavy (non-hydrogen) atoms. The Balaban J connectivity index is 2.20. The second-order valence-electron chi connectivity index (χ2n) is 4.08. The first-order valence-corrected chi connectivity index (χ1v) is 5.04. The maximum atomic E-state index is 5.95. The SMILES string of the molecule is Cc1ncoc1C1CC(N)CCN1C. The third-order valence-electron chi connectivity index (χ3n) is 3.00. The van der Waals surface area contributed by atoms with E-state index in [0.717, 1.165) is 30.8 Å². The fourth-order valence-electron chi connectivity index (χ4n) is 2.05. The molecule has 0 spiro atoms. The van der Waals surface area contributed by atoms with E-state index in [1.54, 1.807) is 0 Å². The van der Waals surface area contributed by atoms with Crippen LogP contribution in [0.15, 0.2) is 10.8 Å². The molecule has 2 heterocycles. The monoisotopic (exact) mass is 195 g/mol. The van der Waals surface area contributed by atoms with Gasteiger partial charge >= 0.3 is 0 Å². The number of nitrogens with zero attached hydrogens (tertiary/aromatic N) is 2. The zero-order valence-electron chi connectivity index (χ0n) is 8.73. The summed E-state index contributed by atoms with van der Waals surface area (Å²) in [6.45, 7) is 3.01. The molecule has 1 aromatic rings. The van der Waals surface area contributed by atoms with Crippen molar-refractivity contribution in [2.24, 2.45) is 5.73 Å². The van der Waals surface area contributed by atoms with E-state index >= 15 is 0 Å². The first-order valence-electron chi connectivity index (χ1n) is 5.04. The Labute approximate surface area is 84.1 Å². The summed E-state index contributed by atoms with van der Waals surface area (Å²) in [5.41, 5.74) is 6.94. The molecule has 2 N–H and O–H groups in total. The second-order valence-corrected chi connectivity index (χ2v) is 4.08. The number of aromatic nitrogens is 1. The number of likely N-dealkylation sites (tertiary alicyclic amines) is 1. The van der Waals surface area contributed by atoms with Gasteiger partial charge in [-0.05, 0) is 26.8 Å².